The van der Waals surface area contributed by atoms with Gasteiger partial charge in [0.2, 0.25) is 0 Å². The van der Waals surface area contributed by atoms with Crippen LogP contribution in [0, 0.1) is 29.1 Å². The molecule has 4 heteroatoms. The number of rotatable bonds is 16. The first-order valence-electron chi connectivity index (χ1n) is 14.2. The van der Waals surface area contributed by atoms with Crippen molar-refractivity contribution in [2.75, 3.05) is 13.2 Å². The Balaban J connectivity index is 2.70. The Labute approximate surface area is 211 Å². The molecule has 6 atom stereocenters. The fourth-order valence-electron chi connectivity index (χ4n) is 6.18. The van der Waals surface area contributed by atoms with Crippen molar-refractivity contribution >= 4 is 0 Å². The maximum atomic E-state index is 11.5. The monoisotopic (exact) mass is 482 g/mol. The molecule has 0 spiro atoms. The van der Waals surface area contributed by atoms with Crippen LogP contribution in [0.25, 0.3) is 0 Å². The van der Waals surface area contributed by atoms with Gasteiger partial charge in [0.15, 0.2) is 0 Å². The van der Waals surface area contributed by atoms with Crippen LogP contribution in [-0.4, -0.2) is 45.3 Å². The predicted octanol–water partition coefficient (Wildman–Crippen LogP) is 6.64. The first kappa shape index (κ1) is 31.6. The lowest BCUT2D eigenvalue weighted by Gasteiger charge is -2.54. The molecule has 0 amide bonds. The minimum absolute atomic E-state index is 0.0578. The summed E-state index contributed by atoms with van der Waals surface area (Å²) >= 11 is 0. The Morgan fingerprint density at radius 2 is 1.62 bits per heavy atom. The highest BCUT2D eigenvalue weighted by Crippen LogP contribution is 2.55. The van der Waals surface area contributed by atoms with E-state index < -0.39 is 5.60 Å². The van der Waals surface area contributed by atoms with Gasteiger partial charge >= 0.3 is 0 Å². The largest absolute Gasteiger partial charge is 0.396 e. The summed E-state index contributed by atoms with van der Waals surface area (Å²) < 4.78 is 0. The summed E-state index contributed by atoms with van der Waals surface area (Å²) in [5.74, 6) is 1.86. The van der Waals surface area contributed by atoms with Gasteiger partial charge in [-0.1, -0.05) is 65.9 Å². The molecule has 0 aromatic rings. The lowest BCUT2D eigenvalue weighted by molar-refractivity contribution is -0.115. The van der Waals surface area contributed by atoms with Gasteiger partial charge in [-0.3, -0.25) is 0 Å². The van der Waals surface area contributed by atoms with E-state index in [0.717, 1.165) is 56.4 Å². The maximum absolute atomic E-state index is 11.5. The van der Waals surface area contributed by atoms with E-state index in [4.69, 9.17) is 0 Å². The Morgan fingerprint density at radius 3 is 2.21 bits per heavy atom. The zero-order valence-corrected chi connectivity index (χ0v) is 23.6. The highest BCUT2D eigenvalue weighted by atomic mass is 16.3. The fraction of sp³-hybridized carbons (Fsp3) is 0.933. The lowest BCUT2D eigenvalue weighted by atomic mass is 9.54. The quantitative estimate of drug-likeness (QED) is 0.186. The molecular formula is C30H58O4. The van der Waals surface area contributed by atoms with E-state index in [1.165, 1.54) is 24.8 Å². The molecule has 1 aliphatic carbocycles. The normalized spacial score (nSPS) is 29.8. The Morgan fingerprint density at radius 1 is 0.941 bits per heavy atom. The Hall–Kier alpha value is -0.420. The number of aliphatic hydroxyl groups excluding tert-OH is 3. The summed E-state index contributed by atoms with van der Waals surface area (Å²) in [7, 11) is 0. The number of allylic oxidation sites excluding steroid dienone is 1. The first-order valence-corrected chi connectivity index (χ1v) is 14.2. The first-order chi connectivity index (χ1) is 15.9. The van der Waals surface area contributed by atoms with Crippen LogP contribution in [0.2, 0.25) is 0 Å². The summed E-state index contributed by atoms with van der Waals surface area (Å²) in [6.45, 7) is 15.4. The van der Waals surface area contributed by atoms with Gasteiger partial charge in [0.25, 0.3) is 0 Å². The third-order valence-electron chi connectivity index (χ3n) is 9.18. The molecule has 0 aromatic carbocycles. The third kappa shape index (κ3) is 9.22. The highest BCUT2D eigenvalue weighted by Gasteiger charge is 2.52. The zero-order chi connectivity index (χ0) is 25.9. The van der Waals surface area contributed by atoms with E-state index >= 15 is 0 Å². The molecule has 1 fully saturated rings. The van der Waals surface area contributed by atoms with Gasteiger partial charge in [0, 0.05) is 12.0 Å². The standard InChI is InChI=1S/C30H58O4/c1-22(2)11-8-12-23(3)15-16-28(33)24(4)13-9-18-29(6)27(14-10-20-31)26(25(5)21-32)17-19-30(29,7)34/h22-24,27-28,31-34H,8-21H2,1-7H3/b26-25-/t23?,24?,27?,28?,29-,30-/m0/s1. The van der Waals surface area contributed by atoms with Gasteiger partial charge in [-0.05, 0) is 94.5 Å². The molecule has 4 N–H and O–H groups in total. The van der Waals surface area contributed by atoms with Crippen molar-refractivity contribution in [3.63, 3.8) is 0 Å². The SMILES string of the molecule is C/C(CO)=C1\CC[C@](C)(O)[C@@](C)(CCCC(C)C(O)CCC(C)CCCC(C)C)C1CCCO. The second kappa shape index (κ2) is 15.0. The summed E-state index contributed by atoms with van der Waals surface area (Å²) in [6.07, 6.45) is 11.4. The minimum atomic E-state index is -0.778. The number of hydrogen-bond acceptors (Lipinski definition) is 4. The van der Waals surface area contributed by atoms with Crippen molar-refractivity contribution in [1.29, 1.82) is 0 Å². The third-order valence-corrected chi connectivity index (χ3v) is 9.18. The molecule has 0 saturated heterocycles. The number of hydrogen-bond donors (Lipinski definition) is 4. The topological polar surface area (TPSA) is 80.9 Å². The van der Waals surface area contributed by atoms with Crippen LogP contribution < -0.4 is 0 Å². The summed E-state index contributed by atoms with van der Waals surface area (Å²) in [5, 5.41) is 41.5. The lowest BCUT2D eigenvalue weighted by Crippen LogP contribution is -2.52. The average molecular weight is 483 g/mol. The van der Waals surface area contributed by atoms with Crippen molar-refractivity contribution in [2.24, 2.45) is 29.1 Å². The molecule has 1 saturated carbocycles. The number of aliphatic hydroxyl groups is 4. The van der Waals surface area contributed by atoms with Crippen molar-refractivity contribution in [3.05, 3.63) is 11.1 Å². The molecular weight excluding hydrogens is 424 g/mol. The van der Waals surface area contributed by atoms with Gasteiger partial charge in [0.1, 0.15) is 0 Å². The van der Waals surface area contributed by atoms with E-state index in [1.807, 2.05) is 13.8 Å². The van der Waals surface area contributed by atoms with E-state index in [1.54, 1.807) is 0 Å². The smallest absolute Gasteiger partial charge is 0.0681 e. The van der Waals surface area contributed by atoms with Gasteiger partial charge in [-0.2, -0.15) is 0 Å². The molecule has 0 bridgehead atoms. The highest BCUT2D eigenvalue weighted by molar-refractivity contribution is 5.24. The molecule has 0 aromatic heterocycles. The minimum Gasteiger partial charge on any atom is -0.396 e. The zero-order valence-electron chi connectivity index (χ0n) is 23.6. The van der Waals surface area contributed by atoms with Crippen LogP contribution in [0.1, 0.15) is 126 Å². The van der Waals surface area contributed by atoms with Crippen LogP contribution in [0.15, 0.2) is 11.1 Å². The van der Waals surface area contributed by atoms with E-state index in [0.29, 0.717) is 18.8 Å². The molecule has 0 radical (unpaired) electrons. The van der Waals surface area contributed by atoms with Gasteiger partial charge in [-0.15, -0.1) is 0 Å². The van der Waals surface area contributed by atoms with Gasteiger partial charge < -0.3 is 20.4 Å². The molecule has 4 unspecified atom stereocenters. The van der Waals surface area contributed by atoms with E-state index in [2.05, 4.69) is 34.6 Å². The van der Waals surface area contributed by atoms with Crippen LogP contribution in [-0.2, 0) is 0 Å². The van der Waals surface area contributed by atoms with Gasteiger partial charge in [0.05, 0.1) is 18.3 Å². The summed E-state index contributed by atoms with van der Waals surface area (Å²) in [5.41, 5.74) is 1.22. The van der Waals surface area contributed by atoms with Crippen molar-refractivity contribution < 1.29 is 20.4 Å². The molecule has 202 valence electrons. The van der Waals surface area contributed by atoms with Crippen molar-refractivity contribution in [2.45, 2.75) is 137 Å². The predicted molar refractivity (Wildman–Crippen MR) is 144 cm³/mol. The summed E-state index contributed by atoms with van der Waals surface area (Å²) in [4.78, 5) is 0. The van der Waals surface area contributed by atoms with Crippen LogP contribution >= 0.6 is 0 Å². The van der Waals surface area contributed by atoms with Crippen LogP contribution in [0.4, 0.5) is 0 Å². The fourth-order valence-corrected chi connectivity index (χ4v) is 6.18. The van der Waals surface area contributed by atoms with Crippen molar-refractivity contribution in [1.82, 2.24) is 0 Å². The second-order valence-corrected chi connectivity index (χ2v) is 12.5. The average Bonchev–Trinajstić information content (AvgIpc) is 2.77. The molecule has 1 aliphatic rings. The van der Waals surface area contributed by atoms with Crippen LogP contribution in [0.5, 0.6) is 0 Å². The molecule has 4 nitrogen and oxygen atoms in total. The Kier molecular flexibility index (Phi) is 13.9. The van der Waals surface area contributed by atoms with Gasteiger partial charge in [-0.25, -0.2) is 0 Å². The second-order valence-electron chi connectivity index (χ2n) is 12.5. The van der Waals surface area contributed by atoms with Crippen molar-refractivity contribution in [3.8, 4) is 0 Å². The van der Waals surface area contributed by atoms with Crippen LogP contribution in [0.3, 0.4) is 0 Å². The molecule has 1 rings (SSSR count). The maximum Gasteiger partial charge on any atom is 0.0681 e. The molecule has 0 heterocycles. The molecule has 34 heavy (non-hydrogen) atoms. The summed E-state index contributed by atoms with van der Waals surface area (Å²) in [6, 6.07) is 0. The molecule has 0 aliphatic heterocycles. The van der Waals surface area contributed by atoms with E-state index in [9.17, 15) is 20.4 Å². The Bertz CT molecular complexity index is 597. The van der Waals surface area contributed by atoms with E-state index in [-0.39, 0.29) is 36.6 Å².